The number of hydrogen-bond acceptors (Lipinski definition) is 5. The summed E-state index contributed by atoms with van der Waals surface area (Å²) in [6.45, 7) is 0. The van der Waals surface area contributed by atoms with Crippen LogP contribution in [0.2, 0.25) is 5.02 Å². The van der Waals surface area contributed by atoms with Crippen molar-refractivity contribution in [3.05, 3.63) is 63.5 Å². The summed E-state index contributed by atoms with van der Waals surface area (Å²) in [4.78, 5) is 44.7. The molecule has 0 atom stereocenters. The van der Waals surface area contributed by atoms with Gasteiger partial charge in [0.15, 0.2) is 5.78 Å². The minimum Gasteiger partial charge on any atom is -0.353 e. The molecule has 5 rings (SSSR count). The number of hydrogen-bond donors (Lipinski definition) is 2. The van der Waals surface area contributed by atoms with Gasteiger partial charge in [-0.2, -0.15) is 0 Å². The molecule has 2 heterocycles. The first-order valence-electron chi connectivity index (χ1n) is 11.0. The second-order valence-electron chi connectivity index (χ2n) is 8.45. The number of Topliss-reactive ketones (excluding diaryl/α,β-unsaturated/α-hetero) is 1. The predicted molar refractivity (Wildman–Crippen MR) is 132 cm³/mol. The monoisotopic (exact) mass is 482 g/mol. The number of carbonyl (C=O) groups excluding carboxylic acids is 2. The summed E-state index contributed by atoms with van der Waals surface area (Å²) in [5.74, 6) is 0.213. The van der Waals surface area contributed by atoms with E-state index in [4.69, 9.17) is 11.6 Å². The Labute approximate surface area is 199 Å². The lowest BCUT2D eigenvalue weighted by Crippen LogP contribution is -2.39. The number of ketones is 1. The lowest BCUT2D eigenvalue weighted by molar-refractivity contribution is -0.119. The van der Waals surface area contributed by atoms with Crippen LogP contribution >= 0.6 is 23.4 Å². The van der Waals surface area contributed by atoms with Crippen molar-refractivity contribution in [1.29, 1.82) is 0 Å². The topological polar surface area (TPSA) is 96.3 Å². The molecule has 1 aliphatic carbocycles. The van der Waals surface area contributed by atoms with Crippen LogP contribution in [0.4, 0.5) is 5.69 Å². The zero-order valence-corrected chi connectivity index (χ0v) is 19.4. The minimum atomic E-state index is -0.125. The van der Waals surface area contributed by atoms with Gasteiger partial charge in [-0.15, -0.1) is 11.8 Å². The number of H-pyrrole nitrogens is 1. The molecule has 2 aliphatic rings. The van der Waals surface area contributed by atoms with Gasteiger partial charge in [0.1, 0.15) is 0 Å². The number of amides is 1. The summed E-state index contributed by atoms with van der Waals surface area (Å²) in [7, 11) is 0. The zero-order chi connectivity index (χ0) is 22.9. The summed E-state index contributed by atoms with van der Waals surface area (Å²) in [6, 6.07) is 12.9. The number of carbonyl (C=O) groups is 2. The Hall–Kier alpha value is -2.84. The third-order valence-corrected chi connectivity index (χ3v) is 7.45. The van der Waals surface area contributed by atoms with Crippen LogP contribution in [-0.2, 0) is 4.79 Å². The van der Waals surface area contributed by atoms with Crippen molar-refractivity contribution in [2.24, 2.45) is 4.99 Å². The lowest BCUT2D eigenvalue weighted by atomic mass is 9.91. The minimum absolute atomic E-state index is 0.0385. The normalized spacial score (nSPS) is 20.4. The molecule has 2 N–H and O–H groups in total. The molecule has 0 radical (unpaired) electrons. The highest BCUT2D eigenvalue weighted by atomic mass is 35.5. The Morgan fingerprint density at radius 1 is 1.15 bits per heavy atom. The highest BCUT2D eigenvalue weighted by Crippen LogP contribution is 2.31. The van der Waals surface area contributed by atoms with Crippen molar-refractivity contribution < 1.29 is 9.59 Å². The zero-order valence-electron chi connectivity index (χ0n) is 17.8. The van der Waals surface area contributed by atoms with Gasteiger partial charge in [0, 0.05) is 22.7 Å². The van der Waals surface area contributed by atoms with E-state index in [1.165, 1.54) is 11.8 Å². The van der Waals surface area contributed by atoms with E-state index in [-0.39, 0.29) is 41.6 Å². The van der Waals surface area contributed by atoms with Crippen LogP contribution in [0, 0.1) is 0 Å². The average Bonchev–Trinajstić information content (AvgIpc) is 3.13. The second-order valence-corrected chi connectivity index (χ2v) is 9.93. The van der Waals surface area contributed by atoms with Crippen LogP contribution < -0.4 is 11.0 Å². The van der Waals surface area contributed by atoms with Crippen molar-refractivity contribution in [2.75, 3.05) is 5.75 Å². The molecule has 0 unspecified atom stereocenters. The number of imidazole rings is 1. The summed E-state index contributed by atoms with van der Waals surface area (Å²) in [5.41, 5.74) is 2.79. The van der Waals surface area contributed by atoms with Crippen LogP contribution in [0.15, 0.2) is 52.3 Å². The maximum atomic E-state index is 12.5. The first-order valence-corrected chi connectivity index (χ1v) is 12.4. The summed E-state index contributed by atoms with van der Waals surface area (Å²) >= 11 is 7.36. The third-order valence-electron chi connectivity index (χ3n) is 6.24. The number of thioether (sulfide) groups is 1. The van der Waals surface area contributed by atoms with Crippen LogP contribution in [0.25, 0.3) is 11.0 Å². The van der Waals surface area contributed by atoms with Gasteiger partial charge in [-0.05, 0) is 56.0 Å². The Bertz CT molecular complexity index is 1320. The van der Waals surface area contributed by atoms with Crippen LogP contribution in [-0.4, -0.2) is 38.1 Å². The molecule has 170 valence electrons. The molecular weight excluding hydrogens is 460 g/mol. The molecule has 1 fully saturated rings. The van der Waals surface area contributed by atoms with Crippen molar-refractivity contribution in [1.82, 2.24) is 14.9 Å². The molecule has 0 saturated heterocycles. The molecule has 1 amide bonds. The van der Waals surface area contributed by atoms with Gasteiger partial charge in [0.05, 0.1) is 33.9 Å². The van der Waals surface area contributed by atoms with E-state index < -0.39 is 0 Å². The number of aliphatic imine (C=N–C) groups is 1. The molecule has 33 heavy (non-hydrogen) atoms. The van der Waals surface area contributed by atoms with Crippen molar-refractivity contribution in [2.45, 2.75) is 44.2 Å². The maximum absolute atomic E-state index is 12.5. The van der Waals surface area contributed by atoms with Gasteiger partial charge >= 0.3 is 5.69 Å². The number of nitrogens with zero attached hydrogens (tertiary/aromatic N) is 2. The Kier molecular flexibility index (Phi) is 6.12. The molecule has 7 nitrogen and oxygen atoms in total. The van der Waals surface area contributed by atoms with Gasteiger partial charge in [0.2, 0.25) is 5.91 Å². The Balaban J connectivity index is 1.15. The SMILES string of the molecule is O=C(CSC1=Nc2ccccc2C(=O)C1)NC1CCC(n2c(=O)[nH]c3cc(Cl)ccc32)CC1. The fraction of sp³-hybridized carbons (Fsp3) is 0.333. The number of fused-ring (bicyclic) bond motifs is 2. The number of nitrogens with one attached hydrogen (secondary N) is 2. The van der Waals surface area contributed by atoms with E-state index in [1.807, 2.05) is 28.8 Å². The highest BCUT2D eigenvalue weighted by molar-refractivity contribution is 8.14. The first kappa shape index (κ1) is 22.0. The van der Waals surface area contributed by atoms with E-state index in [0.29, 0.717) is 21.3 Å². The molecule has 9 heteroatoms. The predicted octanol–water partition coefficient (Wildman–Crippen LogP) is 4.63. The lowest BCUT2D eigenvalue weighted by Gasteiger charge is -2.30. The fourth-order valence-corrected chi connectivity index (χ4v) is 5.61. The van der Waals surface area contributed by atoms with Crippen molar-refractivity contribution in [3.63, 3.8) is 0 Å². The first-order chi connectivity index (χ1) is 16.0. The summed E-state index contributed by atoms with van der Waals surface area (Å²) < 4.78 is 1.82. The Morgan fingerprint density at radius 2 is 1.94 bits per heavy atom. The largest absolute Gasteiger partial charge is 0.353 e. The fourth-order valence-electron chi connectivity index (χ4n) is 4.66. The molecule has 0 spiro atoms. The number of aromatic amines is 1. The van der Waals surface area contributed by atoms with E-state index >= 15 is 0 Å². The maximum Gasteiger partial charge on any atom is 0.326 e. The molecule has 0 bridgehead atoms. The molecule has 1 aliphatic heterocycles. The quantitative estimate of drug-likeness (QED) is 0.566. The summed E-state index contributed by atoms with van der Waals surface area (Å²) in [6.07, 6.45) is 3.48. The van der Waals surface area contributed by atoms with E-state index in [1.54, 1.807) is 18.2 Å². The molecular formula is C24H23ClN4O3S. The third kappa shape index (κ3) is 4.63. The van der Waals surface area contributed by atoms with Gasteiger partial charge in [-0.1, -0.05) is 23.7 Å². The highest BCUT2D eigenvalue weighted by Gasteiger charge is 2.26. The molecule has 1 saturated carbocycles. The Morgan fingerprint density at radius 3 is 2.76 bits per heavy atom. The van der Waals surface area contributed by atoms with E-state index in [2.05, 4.69) is 15.3 Å². The smallest absolute Gasteiger partial charge is 0.326 e. The number of benzene rings is 2. The second kappa shape index (κ2) is 9.19. The van der Waals surface area contributed by atoms with Crippen LogP contribution in [0.5, 0.6) is 0 Å². The van der Waals surface area contributed by atoms with Crippen LogP contribution in [0.1, 0.15) is 48.5 Å². The van der Waals surface area contributed by atoms with Gasteiger partial charge in [-0.25, -0.2) is 9.79 Å². The van der Waals surface area contributed by atoms with Gasteiger partial charge in [0.25, 0.3) is 0 Å². The number of aromatic nitrogens is 2. The van der Waals surface area contributed by atoms with Crippen LogP contribution in [0.3, 0.4) is 0 Å². The average molecular weight is 483 g/mol. The van der Waals surface area contributed by atoms with E-state index in [0.717, 1.165) is 36.7 Å². The van der Waals surface area contributed by atoms with Crippen molar-refractivity contribution in [3.8, 4) is 0 Å². The van der Waals surface area contributed by atoms with Gasteiger partial charge < -0.3 is 10.3 Å². The van der Waals surface area contributed by atoms with Gasteiger partial charge in [-0.3, -0.25) is 14.2 Å². The molecule has 1 aromatic heterocycles. The number of halogens is 1. The summed E-state index contributed by atoms with van der Waals surface area (Å²) in [5, 5.41) is 4.37. The standard InChI is InChI=1S/C24H23ClN4O3S/c25-14-5-10-20-19(11-14)28-24(32)29(20)16-8-6-15(7-9-16)26-22(31)13-33-23-12-21(30)17-3-1-2-4-18(17)27-23/h1-5,10-11,15-16H,6-9,12-13H2,(H,26,31)(H,28,32). The number of para-hydroxylation sites is 1. The van der Waals surface area contributed by atoms with E-state index in [9.17, 15) is 14.4 Å². The molecule has 2 aromatic carbocycles. The number of rotatable bonds is 4. The molecule has 3 aromatic rings. The van der Waals surface area contributed by atoms with Crippen molar-refractivity contribution >= 4 is 56.8 Å².